The molecule has 0 unspecified atom stereocenters. The number of hydrogen-bond acceptors (Lipinski definition) is 6. The quantitative estimate of drug-likeness (QED) is 0.813. The lowest BCUT2D eigenvalue weighted by Crippen LogP contribution is -2.34. The van der Waals surface area contributed by atoms with Gasteiger partial charge in [-0.05, 0) is 12.8 Å². The molecule has 1 N–H and O–H groups in total. The summed E-state index contributed by atoms with van der Waals surface area (Å²) in [6.45, 7) is 2.58. The van der Waals surface area contributed by atoms with E-state index in [4.69, 9.17) is 0 Å². The molecule has 2 amide bonds. The molecule has 1 aliphatic rings. The Balaban J connectivity index is 2.23. The van der Waals surface area contributed by atoms with Crippen LogP contribution in [0.2, 0.25) is 0 Å². The van der Waals surface area contributed by atoms with Crippen LogP contribution in [-0.2, 0) is 9.59 Å². The van der Waals surface area contributed by atoms with Crippen molar-refractivity contribution >= 4 is 23.7 Å². The molecule has 1 saturated carbocycles. The second-order valence-corrected chi connectivity index (χ2v) is 3.90. The molecule has 1 fully saturated rings. The van der Waals surface area contributed by atoms with Crippen molar-refractivity contribution in [1.82, 2.24) is 15.0 Å². The van der Waals surface area contributed by atoms with Gasteiger partial charge in [-0.3, -0.25) is 9.59 Å². The number of nitrogens with zero attached hydrogens (tertiary/aromatic N) is 4. The Kier molecular flexibility index (Phi) is 2.99. The Morgan fingerprint density at radius 3 is 2.47 bits per heavy atom. The van der Waals surface area contributed by atoms with E-state index in [0.717, 1.165) is 17.7 Å². The van der Waals surface area contributed by atoms with Crippen molar-refractivity contribution in [3.8, 4) is 0 Å². The number of anilines is 2. The van der Waals surface area contributed by atoms with E-state index in [1.807, 2.05) is 0 Å². The average molecular weight is 235 g/mol. The second kappa shape index (κ2) is 4.44. The van der Waals surface area contributed by atoms with Gasteiger partial charge >= 0.3 is 0 Å². The van der Waals surface area contributed by atoms with E-state index >= 15 is 0 Å². The van der Waals surface area contributed by atoms with E-state index in [1.165, 1.54) is 20.2 Å². The fraction of sp³-hybridized carbons (Fsp3) is 0.500. The van der Waals surface area contributed by atoms with E-state index in [0.29, 0.717) is 12.0 Å². The van der Waals surface area contributed by atoms with Crippen LogP contribution in [0.4, 0.5) is 11.9 Å². The van der Waals surface area contributed by atoms with Gasteiger partial charge in [-0.25, -0.2) is 14.9 Å². The minimum absolute atomic E-state index is 0.0585. The summed E-state index contributed by atoms with van der Waals surface area (Å²) < 4.78 is 0. The molecule has 0 bridgehead atoms. The fourth-order valence-corrected chi connectivity index (χ4v) is 1.38. The maximum Gasteiger partial charge on any atom is 0.243 e. The largest absolute Gasteiger partial charge is 0.351 e. The zero-order valence-corrected chi connectivity index (χ0v) is 9.67. The van der Waals surface area contributed by atoms with Crippen LogP contribution < -0.4 is 10.2 Å². The number of hydrogen-bond donors (Lipinski definition) is 1. The molecule has 0 spiro atoms. The molecule has 0 saturated heterocycles. The van der Waals surface area contributed by atoms with Gasteiger partial charge in [0.05, 0.1) is 0 Å². The summed E-state index contributed by atoms with van der Waals surface area (Å²) >= 11 is 0. The first-order valence-corrected chi connectivity index (χ1v) is 5.35. The van der Waals surface area contributed by atoms with E-state index in [-0.39, 0.29) is 5.95 Å². The summed E-state index contributed by atoms with van der Waals surface area (Å²) in [6.07, 6.45) is 3.46. The van der Waals surface area contributed by atoms with Crippen LogP contribution in [0.1, 0.15) is 26.7 Å². The number of carbonyl (C=O) groups is 2. The molecule has 0 atom stereocenters. The molecule has 0 aromatic carbocycles. The molecular formula is C10H13N5O2. The van der Waals surface area contributed by atoms with Crippen LogP contribution in [0, 0.1) is 0 Å². The minimum Gasteiger partial charge on any atom is -0.351 e. The van der Waals surface area contributed by atoms with Crippen molar-refractivity contribution in [1.29, 1.82) is 0 Å². The lowest BCUT2D eigenvalue weighted by Gasteiger charge is -2.14. The molecule has 2 rings (SSSR count). The number of amides is 2. The zero-order chi connectivity index (χ0) is 12.4. The highest BCUT2D eigenvalue weighted by molar-refractivity contribution is 6.11. The van der Waals surface area contributed by atoms with E-state index < -0.39 is 11.8 Å². The highest BCUT2D eigenvalue weighted by Gasteiger charge is 2.24. The number of rotatable bonds is 3. The number of aromatic nitrogens is 3. The Hall–Kier alpha value is -2.05. The van der Waals surface area contributed by atoms with Gasteiger partial charge in [0, 0.05) is 19.9 Å². The highest BCUT2D eigenvalue weighted by atomic mass is 16.2. The predicted molar refractivity (Wildman–Crippen MR) is 60.3 cm³/mol. The Morgan fingerprint density at radius 2 is 1.94 bits per heavy atom. The molecule has 1 aromatic heterocycles. The maximum absolute atomic E-state index is 11.3. The third-order valence-electron chi connectivity index (χ3n) is 2.30. The molecule has 0 aliphatic heterocycles. The van der Waals surface area contributed by atoms with Crippen LogP contribution in [0.5, 0.6) is 0 Å². The van der Waals surface area contributed by atoms with Crippen LogP contribution in [-0.4, -0.2) is 32.8 Å². The SMILES string of the molecule is CC(=O)N(C(C)=O)c1ncnc(NC2CC2)n1. The Labute approximate surface area is 98.3 Å². The first-order valence-electron chi connectivity index (χ1n) is 5.35. The molecule has 7 heteroatoms. The van der Waals surface area contributed by atoms with Gasteiger partial charge in [-0.15, -0.1) is 0 Å². The van der Waals surface area contributed by atoms with Gasteiger partial charge in [0.2, 0.25) is 23.7 Å². The maximum atomic E-state index is 11.3. The van der Waals surface area contributed by atoms with Gasteiger partial charge in [-0.1, -0.05) is 0 Å². The number of nitrogens with one attached hydrogen (secondary N) is 1. The molecule has 90 valence electrons. The smallest absolute Gasteiger partial charge is 0.243 e. The molecule has 1 aromatic rings. The summed E-state index contributed by atoms with van der Waals surface area (Å²) in [4.78, 5) is 35.4. The number of imide groups is 1. The van der Waals surface area contributed by atoms with Crippen molar-refractivity contribution in [3.05, 3.63) is 6.33 Å². The van der Waals surface area contributed by atoms with Gasteiger partial charge in [0.25, 0.3) is 0 Å². The first-order chi connectivity index (χ1) is 8.08. The summed E-state index contributed by atoms with van der Waals surface area (Å²) in [5, 5.41) is 3.08. The summed E-state index contributed by atoms with van der Waals surface area (Å²) in [5.41, 5.74) is 0. The van der Waals surface area contributed by atoms with Crippen molar-refractivity contribution < 1.29 is 9.59 Å². The molecular weight excluding hydrogens is 222 g/mol. The predicted octanol–water partition coefficient (Wildman–Crippen LogP) is 0.345. The van der Waals surface area contributed by atoms with Gasteiger partial charge in [0.1, 0.15) is 6.33 Å². The van der Waals surface area contributed by atoms with Crippen molar-refractivity contribution in [2.75, 3.05) is 10.2 Å². The zero-order valence-electron chi connectivity index (χ0n) is 9.67. The normalized spacial score (nSPS) is 14.2. The van der Waals surface area contributed by atoms with E-state index in [1.54, 1.807) is 0 Å². The van der Waals surface area contributed by atoms with Crippen LogP contribution in [0.3, 0.4) is 0 Å². The van der Waals surface area contributed by atoms with Crippen molar-refractivity contribution in [3.63, 3.8) is 0 Å². The Morgan fingerprint density at radius 1 is 1.29 bits per heavy atom. The van der Waals surface area contributed by atoms with E-state index in [2.05, 4.69) is 20.3 Å². The summed E-state index contributed by atoms with van der Waals surface area (Å²) in [6, 6.07) is 0.397. The second-order valence-electron chi connectivity index (χ2n) is 3.90. The third-order valence-corrected chi connectivity index (χ3v) is 2.30. The highest BCUT2D eigenvalue weighted by Crippen LogP contribution is 2.23. The molecule has 1 aliphatic carbocycles. The van der Waals surface area contributed by atoms with Gasteiger partial charge in [-0.2, -0.15) is 4.98 Å². The topological polar surface area (TPSA) is 88.1 Å². The third kappa shape index (κ3) is 2.74. The monoisotopic (exact) mass is 235 g/mol. The summed E-state index contributed by atoms with van der Waals surface area (Å²) in [5.74, 6) is -0.379. The Bertz CT molecular complexity index is 444. The minimum atomic E-state index is -0.416. The van der Waals surface area contributed by atoms with E-state index in [9.17, 15) is 9.59 Å². The average Bonchev–Trinajstić information content (AvgIpc) is 3.01. The van der Waals surface area contributed by atoms with Crippen molar-refractivity contribution in [2.45, 2.75) is 32.7 Å². The van der Waals surface area contributed by atoms with Crippen molar-refractivity contribution in [2.24, 2.45) is 0 Å². The molecule has 0 radical (unpaired) electrons. The fourth-order valence-electron chi connectivity index (χ4n) is 1.38. The van der Waals surface area contributed by atoms with Crippen LogP contribution in [0.25, 0.3) is 0 Å². The van der Waals surface area contributed by atoms with Crippen LogP contribution >= 0.6 is 0 Å². The lowest BCUT2D eigenvalue weighted by molar-refractivity contribution is -0.124. The van der Waals surface area contributed by atoms with Crippen LogP contribution in [0.15, 0.2) is 6.33 Å². The number of carbonyl (C=O) groups excluding carboxylic acids is 2. The van der Waals surface area contributed by atoms with Gasteiger partial charge < -0.3 is 5.32 Å². The molecule has 17 heavy (non-hydrogen) atoms. The lowest BCUT2D eigenvalue weighted by atomic mass is 10.5. The molecule has 7 nitrogen and oxygen atoms in total. The molecule has 1 heterocycles. The van der Waals surface area contributed by atoms with Gasteiger partial charge in [0.15, 0.2) is 0 Å². The summed E-state index contributed by atoms with van der Waals surface area (Å²) in [7, 11) is 0. The first kappa shape index (κ1) is 11.4. The standard InChI is InChI=1S/C10H13N5O2/c1-6(16)15(7(2)17)10-12-5-11-9(14-10)13-8-3-4-8/h5,8H,3-4H2,1-2H3,(H,11,12,13,14).